The third-order valence-corrected chi connectivity index (χ3v) is 6.14. The second-order valence-corrected chi connectivity index (χ2v) is 8.04. The van der Waals surface area contributed by atoms with Gasteiger partial charge in [-0.05, 0) is 49.9 Å². The first-order chi connectivity index (χ1) is 13.6. The molecule has 1 saturated carbocycles. The van der Waals surface area contributed by atoms with Gasteiger partial charge in [-0.25, -0.2) is 0 Å². The SMILES string of the molecule is O=C(c1ccc(NC2=C(Cl)C(=O)N(C3CCCCC3)C2=O)cc1)N1CCCC1. The summed E-state index contributed by atoms with van der Waals surface area (Å²) in [4.78, 5) is 41.0. The Morgan fingerprint density at radius 2 is 1.57 bits per heavy atom. The lowest BCUT2D eigenvalue weighted by atomic mass is 9.94. The molecule has 3 amide bonds. The van der Waals surface area contributed by atoms with Crippen LogP contribution in [0, 0.1) is 0 Å². The molecule has 1 aromatic rings. The minimum atomic E-state index is -0.415. The molecule has 0 radical (unpaired) electrons. The summed E-state index contributed by atoms with van der Waals surface area (Å²) >= 11 is 6.20. The van der Waals surface area contributed by atoms with Gasteiger partial charge in [0.15, 0.2) is 0 Å². The molecular weight excluding hydrogens is 378 g/mol. The molecule has 28 heavy (non-hydrogen) atoms. The minimum Gasteiger partial charge on any atom is -0.350 e. The van der Waals surface area contributed by atoms with Crippen LogP contribution in [0.2, 0.25) is 0 Å². The molecule has 1 N–H and O–H groups in total. The zero-order valence-corrected chi connectivity index (χ0v) is 16.5. The van der Waals surface area contributed by atoms with Gasteiger partial charge in [0.05, 0.1) is 0 Å². The summed E-state index contributed by atoms with van der Waals surface area (Å²) in [5.41, 5.74) is 1.36. The van der Waals surface area contributed by atoms with E-state index >= 15 is 0 Å². The van der Waals surface area contributed by atoms with Crippen LogP contribution in [-0.2, 0) is 9.59 Å². The van der Waals surface area contributed by atoms with Gasteiger partial charge in [0.25, 0.3) is 17.7 Å². The van der Waals surface area contributed by atoms with Crippen molar-refractivity contribution in [2.45, 2.75) is 51.0 Å². The van der Waals surface area contributed by atoms with E-state index < -0.39 is 5.91 Å². The highest BCUT2D eigenvalue weighted by atomic mass is 35.5. The van der Waals surface area contributed by atoms with Gasteiger partial charge < -0.3 is 10.2 Å². The van der Waals surface area contributed by atoms with Crippen molar-refractivity contribution in [1.29, 1.82) is 0 Å². The number of nitrogens with zero attached hydrogens (tertiary/aromatic N) is 2. The molecule has 2 fully saturated rings. The first-order valence-electron chi connectivity index (χ1n) is 10.0. The van der Waals surface area contributed by atoms with Crippen LogP contribution in [0.5, 0.6) is 0 Å². The van der Waals surface area contributed by atoms with Gasteiger partial charge in [0.2, 0.25) is 0 Å². The van der Waals surface area contributed by atoms with Crippen LogP contribution in [0.3, 0.4) is 0 Å². The molecule has 6 nitrogen and oxygen atoms in total. The van der Waals surface area contributed by atoms with Crippen LogP contribution in [-0.4, -0.2) is 46.7 Å². The van der Waals surface area contributed by atoms with E-state index in [4.69, 9.17) is 11.6 Å². The van der Waals surface area contributed by atoms with Crippen molar-refractivity contribution >= 4 is 35.0 Å². The van der Waals surface area contributed by atoms with Crippen molar-refractivity contribution in [3.63, 3.8) is 0 Å². The molecule has 1 saturated heterocycles. The number of likely N-dealkylation sites (tertiary alicyclic amines) is 1. The van der Waals surface area contributed by atoms with Gasteiger partial charge in [0, 0.05) is 30.4 Å². The first-order valence-corrected chi connectivity index (χ1v) is 10.4. The lowest BCUT2D eigenvalue weighted by molar-refractivity contribution is -0.140. The third kappa shape index (κ3) is 3.53. The molecule has 0 spiro atoms. The lowest BCUT2D eigenvalue weighted by Gasteiger charge is -2.29. The third-order valence-electron chi connectivity index (χ3n) is 5.79. The number of halogens is 1. The number of anilines is 1. The normalized spacial score (nSPS) is 21.0. The van der Waals surface area contributed by atoms with Crippen LogP contribution < -0.4 is 5.32 Å². The standard InChI is InChI=1S/C21H24ClN3O3/c22-17-18(21(28)25(20(17)27)16-6-2-1-3-7-16)23-15-10-8-14(9-11-15)19(26)24-12-4-5-13-24/h8-11,16,23H,1-7,12-13H2. The summed E-state index contributed by atoms with van der Waals surface area (Å²) in [5, 5.41) is 2.92. The summed E-state index contributed by atoms with van der Waals surface area (Å²) < 4.78 is 0. The molecule has 4 rings (SSSR count). The molecule has 0 aromatic heterocycles. The van der Waals surface area contributed by atoms with E-state index in [9.17, 15) is 14.4 Å². The Hall–Kier alpha value is -2.34. The monoisotopic (exact) mass is 401 g/mol. The van der Waals surface area contributed by atoms with Crippen molar-refractivity contribution in [3.05, 3.63) is 40.6 Å². The summed E-state index contributed by atoms with van der Waals surface area (Å²) in [7, 11) is 0. The van der Waals surface area contributed by atoms with Crippen molar-refractivity contribution < 1.29 is 14.4 Å². The maximum absolute atomic E-state index is 12.8. The van der Waals surface area contributed by atoms with E-state index in [0.717, 1.165) is 58.0 Å². The Morgan fingerprint density at radius 1 is 0.929 bits per heavy atom. The topological polar surface area (TPSA) is 69.7 Å². The predicted molar refractivity (Wildman–Crippen MR) is 107 cm³/mol. The fourth-order valence-electron chi connectivity index (χ4n) is 4.24. The van der Waals surface area contributed by atoms with E-state index in [1.807, 2.05) is 4.90 Å². The Bertz CT molecular complexity index is 822. The van der Waals surface area contributed by atoms with Crippen molar-refractivity contribution in [2.24, 2.45) is 0 Å². The highest BCUT2D eigenvalue weighted by molar-refractivity contribution is 6.48. The lowest BCUT2D eigenvalue weighted by Crippen LogP contribution is -2.42. The van der Waals surface area contributed by atoms with Gasteiger partial charge in [-0.3, -0.25) is 19.3 Å². The molecule has 7 heteroatoms. The Morgan fingerprint density at radius 3 is 2.21 bits per heavy atom. The predicted octanol–water partition coefficient (Wildman–Crippen LogP) is 3.49. The molecule has 148 valence electrons. The average Bonchev–Trinajstić information content (AvgIpc) is 3.33. The van der Waals surface area contributed by atoms with Gasteiger partial charge in [0.1, 0.15) is 10.7 Å². The number of carbonyl (C=O) groups is 3. The second-order valence-electron chi connectivity index (χ2n) is 7.66. The summed E-state index contributed by atoms with van der Waals surface area (Å²) in [6, 6.07) is 6.88. The Labute approximate surface area is 169 Å². The quantitative estimate of drug-likeness (QED) is 0.784. The molecule has 0 unspecified atom stereocenters. The zero-order chi connectivity index (χ0) is 19.7. The number of hydrogen-bond donors (Lipinski definition) is 1. The smallest absolute Gasteiger partial charge is 0.279 e. The van der Waals surface area contributed by atoms with Crippen LogP contribution in [0.1, 0.15) is 55.3 Å². The maximum atomic E-state index is 12.8. The van der Waals surface area contributed by atoms with Crippen molar-refractivity contribution in [2.75, 3.05) is 18.4 Å². The number of rotatable bonds is 4. The molecule has 0 bridgehead atoms. The molecule has 2 heterocycles. The van der Waals surface area contributed by atoms with E-state index in [2.05, 4.69) is 5.32 Å². The van der Waals surface area contributed by atoms with E-state index in [-0.39, 0.29) is 28.6 Å². The summed E-state index contributed by atoms with van der Waals surface area (Å²) in [6.07, 6.45) is 6.95. The number of benzene rings is 1. The van der Waals surface area contributed by atoms with E-state index in [0.29, 0.717) is 11.3 Å². The summed E-state index contributed by atoms with van der Waals surface area (Å²) in [5.74, 6) is -0.752. The number of imide groups is 1. The molecule has 2 aliphatic heterocycles. The molecule has 3 aliphatic rings. The highest BCUT2D eigenvalue weighted by Gasteiger charge is 2.42. The minimum absolute atomic E-state index is 0.0249. The summed E-state index contributed by atoms with van der Waals surface area (Å²) in [6.45, 7) is 1.60. The van der Waals surface area contributed by atoms with E-state index in [1.54, 1.807) is 24.3 Å². The first kappa shape index (κ1) is 19.0. The Balaban J connectivity index is 1.46. The Kier molecular flexibility index (Phi) is 5.40. The highest BCUT2D eigenvalue weighted by Crippen LogP contribution is 2.32. The molecular formula is C21H24ClN3O3. The second kappa shape index (κ2) is 7.95. The van der Waals surface area contributed by atoms with Crippen LogP contribution in [0.15, 0.2) is 35.0 Å². The largest absolute Gasteiger partial charge is 0.350 e. The number of hydrogen-bond acceptors (Lipinski definition) is 4. The fourth-order valence-corrected chi connectivity index (χ4v) is 4.46. The van der Waals surface area contributed by atoms with Crippen molar-refractivity contribution in [1.82, 2.24) is 9.80 Å². The van der Waals surface area contributed by atoms with Crippen LogP contribution >= 0.6 is 11.6 Å². The maximum Gasteiger partial charge on any atom is 0.279 e. The van der Waals surface area contributed by atoms with Gasteiger partial charge >= 0.3 is 0 Å². The number of carbonyl (C=O) groups excluding carboxylic acids is 3. The molecule has 1 aromatic carbocycles. The molecule has 1 aliphatic carbocycles. The van der Waals surface area contributed by atoms with Crippen LogP contribution in [0.4, 0.5) is 5.69 Å². The van der Waals surface area contributed by atoms with E-state index in [1.165, 1.54) is 4.90 Å². The number of amides is 3. The average molecular weight is 402 g/mol. The van der Waals surface area contributed by atoms with Gasteiger partial charge in [-0.1, -0.05) is 30.9 Å². The van der Waals surface area contributed by atoms with Gasteiger partial charge in [-0.15, -0.1) is 0 Å². The fraction of sp³-hybridized carbons (Fsp3) is 0.476. The zero-order valence-electron chi connectivity index (χ0n) is 15.7. The van der Waals surface area contributed by atoms with Gasteiger partial charge in [-0.2, -0.15) is 0 Å². The van der Waals surface area contributed by atoms with Crippen LogP contribution in [0.25, 0.3) is 0 Å². The van der Waals surface area contributed by atoms with Crippen molar-refractivity contribution in [3.8, 4) is 0 Å². The number of nitrogens with one attached hydrogen (secondary N) is 1. The molecule has 0 atom stereocenters.